The van der Waals surface area contributed by atoms with Gasteiger partial charge in [-0.05, 0) is 69.2 Å². The monoisotopic (exact) mass is 489 g/mol. The summed E-state index contributed by atoms with van der Waals surface area (Å²) < 4.78 is 6.18. The Balaban J connectivity index is 1.54. The van der Waals surface area contributed by atoms with Gasteiger partial charge in [0.05, 0.1) is 18.2 Å². The van der Waals surface area contributed by atoms with Crippen LogP contribution in [0.15, 0.2) is 59.1 Å². The first kappa shape index (κ1) is 24.5. The number of amides is 1. The molecule has 0 N–H and O–H groups in total. The van der Waals surface area contributed by atoms with E-state index in [9.17, 15) is 4.79 Å². The van der Waals surface area contributed by atoms with E-state index in [1.807, 2.05) is 30.0 Å². The fourth-order valence-corrected chi connectivity index (χ4v) is 5.42. The summed E-state index contributed by atoms with van der Waals surface area (Å²) in [6.07, 6.45) is 10.4. The third-order valence-corrected chi connectivity index (χ3v) is 7.76. The van der Waals surface area contributed by atoms with Crippen molar-refractivity contribution in [1.82, 2.24) is 19.6 Å². The van der Waals surface area contributed by atoms with Crippen LogP contribution in [0.4, 0.5) is 0 Å². The van der Waals surface area contributed by atoms with E-state index >= 15 is 0 Å². The van der Waals surface area contributed by atoms with Crippen molar-refractivity contribution in [3.8, 4) is 5.75 Å². The lowest BCUT2D eigenvalue weighted by atomic mass is 9.94. The number of fused-ring (bicyclic) bond motifs is 4. The lowest BCUT2D eigenvalue weighted by molar-refractivity contribution is 0.0651. The van der Waals surface area contributed by atoms with Gasteiger partial charge in [0, 0.05) is 46.4 Å². The van der Waals surface area contributed by atoms with Crippen LogP contribution in [0, 0.1) is 6.92 Å². The molecule has 4 aliphatic rings. The number of amidine groups is 1. The summed E-state index contributed by atoms with van der Waals surface area (Å²) in [6.45, 7) is 10.8. The zero-order valence-corrected chi connectivity index (χ0v) is 22.0. The van der Waals surface area contributed by atoms with Crippen molar-refractivity contribution in [1.29, 1.82) is 0 Å². The average Bonchev–Trinajstić information content (AvgIpc) is 2.84. The molecular weight excluding hydrogens is 450 g/mol. The lowest BCUT2D eigenvalue weighted by Crippen LogP contribution is -2.45. The standard InChI is InChI=1S/C29H39N5O2/c1-21-11-12-25-23(18-21)29(35)34-16-6-5-10-24(34)22(2)19-26-30-27(33-14-9-15-33)20-28(32(26)4)31(3)13-7-8-17-36-25/h11-12,18-20,24H,2,5-10,13-17H2,1,3-4H3/b26-19-. The van der Waals surface area contributed by atoms with Crippen molar-refractivity contribution in [2.24, 2.45) is 4.99 Å². The fourth-order valence-electron chi connectivity index (χ4n) is 5.42. The molecular formula is C29H39N5O2. The van der Waals surface area contributed by atoms with Gasteiger partial charge >= 0.3 is 0 Å². The van der Waals surface area contributed by atoms with E-state index in [-0.39, 0.29) is 11.9 Å². The molecule has 7 nitrogen and oxygen atoms in total. The van der Waals surface area contributed by atoms with Crippen LogP contribution in [0.2, 0.25) is 0 Å². The van der Waals surface area contributed by atoms with E-state index in [1.165, 1.54) is 6.42 Å². The number of likely N-dealkylation sites (tertiary alicyclic amines) is 1. The van der Waals surface area contributed by atoms with Crippen LogP contribution >= 0.6 is 0 Å². The maximum atomic E-state index is 13.9. The van der Waals surface area contributed by atoms with Crippen LogP contribution in [0.1, 0.15) is 54.4 Å². The molecule has 1 unspecified atom stereocenters. The van der Waals surface area contributed by atoms with Gasteiger partial charge in [-0.15, -0.1) is 0 Å². The molecule has 4 heterocycles. The first-order chi connectivity index (χ1) is 17.4. The molecule has 1 atom stereocenters. The summed E-state index contributed by atoms with van der Waals surface area (Å²) in [5, 5.41) is 0. The number of aliphatic imine (C=N–C) groups is 1. The topological polar surface area (TPSA) is 51.6 Å². The Morgan fingerprint density at radius 3 is 2.58 bits per heavy atom. The van der Waals surface area contributed by atoms with Gasteiger partial charge in [-0.3, -0.25) is 4.79 Å². The Kier molecular flexibility index (Phi) is 7.08. The number of piperidine rings is 1. The second kappa shape index (κ2) is 10.4. The largest absolute Gasteiger partial charge is 0.493 e. The van der Waals surface area contributed by atoms with Crippen LogP contribution < -0.4 is 4.74 Å². The van der Waals surface area contributed by atoms with Crippen molar-refractivity contribution >= 4 is 11.7 Å². The molecule has 0 radical (unpaired) electrons. The summed E-state index contributed by atoms with van der Waals surface area (Å²) in [5.41, 5.74) is 2.65. The average molecular weight is 490 g/mol. The smallest absolute Gasteiger partial charge is 0.258 e. The lowest BCUT2D eigenvalue weighted by Gasteiger charge is -2.40. The molecule has 36 heavy (non-hydrogen) atoms. The third kappa shape index (κ3) is 4.88. The van der Waals surface area contributed by atoms with Crippen LogP contribution in [0.3, 0.4) is 0 Å². The van der Waals surface area contributed by atoms with Crippen LogP contribution in [-0.4, -0.2) is 84.3 Å². The molecule has 1 aromatic carbocycles. The van der Waals surface area contributed by atoms with Crippen LogP contribution in [0.5, 0.6) is 5.75 Å². The summed E-state index contributed by atoms with van der Waals surface area (Å²) in [5.74, 6) is 3.76. The molecule has 0 aliphatic carbocycles. The number of benzene rings is 1. The van der Waals surface area contributed by atoms with Crippen molar-refractivity contribution in [3.63, 3.8) is 0 Å². The van der Waals surface area contributed by atoms with Gasteiger partial charge in [0.15, 0.2) is 0 Å². The molecule has 1 aromatic rings. The summed E-state index contributed by atoms with van der Waals surface area (Å²) >= 11 is 0. The minimum atomic E-state index is -0.0526. The Hall–Kier alpha value is -3.22. The van der Waals surface area contributed by atoms with Crippen LogP contribution in [0.25, 0.3) is 0 Å². The molecule has 5 rings (SSSR count). The van der Waals surface area contributed by atoms with Crippen molar-refractivity contribution in [3.05, 3.63) is 65.3 Å². The Labute approximate surface area is 215 Å². The van der Waals surface area contributed by atoms with Crippen molar-refractivity contribution < 1.29 is 9.53 Å². The number of nitrogens with zero attached hydrogens (tertiary/aromatic N) is 5. The predicted octanol–water partition coefficient (Wildman–Crippen LogP) is 4.38. The SMILES string of the molecule is C=C1/C=C2/N=C(N3CCC3)C=C(N(C)CCCCOc3ccc(C)cc3C(=O)N3CCCCC13)N2C. The van der Waals surface area contributed by atoms with E-state index in [4.69, 9.17) is 9.73 Å². The number of hydrogen-bond donors (Lipinski definition) is 0. The summed E-state index contributed by atoms with van der Waals surface area (Å²) in [6, 6.07) is 5.89. The van der Waals surface area contributed by atoms with Crippen LogP contribution in [-0.2, 0) is 0 Å². The first-order valence-electron chi connectivity index (χ1n) is 13.4. The van der Waals surface area contributed by atoms with E-state index < -0.39 is 0 Å². The van der Waals surface area contributed by atoms with Gasteiger partial charge in [0.2, 0.25) is 0 Å². The zero-order chi connectivity index (χ0) is 25.2. The van der Waals surface area contributed by atoms with E-state index in [0.717, 1.165) is 86.9 Å². The third-order valence-electron chi connectivity index (χ3n) is 7.76. The number of ether oxygens (including phenoxy) is 1. The Morgan fingerprint density at radius 1 is 1.00 bits per heavy atom. The van der Waals surface area contributed by atoms with Gasteiger partial charge in [-0.25, -0.2) is 4.99 Å². The Morgan fingerprint density at radius 2 is 1.81 bits per heavy atom. The minimum Gasteiger partial charge on any atom is -0.493 e. The summed E-state index contributed by atoms with van der Waals surface area (Å²) in [4.78, 5) is 27.7. The predicted molar refractivity (Wildman–Crippen MR) is 144 cm³/mol. The van der Waals surface area contributed by atoms with E-state index in [0.29, 0.717) is 17.9 Å². The number of carbonyl (C=O) groups is 1. The Bertz CT molecular complexity index is 1120. The first-order valence-corrected chi connectivity index (χ1v) is 13.4. The number of hydrogen-bond acceptors (Lipinski definition) is 6. The zero-order valence-electron chi connectivity index (χ0n) is 22.0. The highest BCUT2D eigenvalue weighted by Crippen LogP contribution is 2.31. The quantitative estimate of drug-likeness (QED) is 0.541. The van der Waals surface area contributed by atoms with Crippen molar-refractivity contribution in [2.75, 3.05) is 46.9 Å². The number of carbonyl (C=O) groups excluding carboxylic acids is 1. The van der Waals surface area contributed by atoms with Gasteiger partial charge in [-0.1, -0.05) is 18.2 Å². The second-order valence-corrected chi connectivity index (χ2v) is 10.4. The van der Waals surface area contributed by atoms with Gasteiger partial charge < -0.3 is 24.3 Å². The molecule has 1 amide bonds. The summed E-state index contributed by atoms with van der Waals surface area (Å²) in [7, 11) is 4.23. The molecule has 4 aliphatic heterocycles. The van der Waals surface area contributed by atoms with Gasteiger partial charge in [0.25, 0.3) is 5.91 Å². The molecule has 2 fully saturated rings. The highest BCUT2D eigenvalue weighted by atomic mass is 16.5. The number of rotatable bonds is 0. The molecule has 0 spiro atoms. The maximum Gasteiger partial charge on any atom is 0.258 e. The number of aryl methyl sites for hydroxylation is 1. The molecule has 2 saturated heterocycles. The van der Waals surface area contributed by atoms with E-state index in [2.05, 4.69) is 47.5 Å². The highest BCUT2D eigenvalue weighted by molar-refractivity contribution is 5.98. The van der Waals surface area contributed by atoms with Crippen molar-refractivity contribution in [2.45, 2.75) is 51.5 Å². The molecule has 0 saturated carbocycles. The van der Waals surface area contributed by atoms with Gasteiger partial charge in [0.1, 0.15) is 23.2 Å². The highest BCUT2D eigenvalue weighted by Gasteiger charge is 2.32. The van der Waals surface area contributed by atoms with E-state index in [1.54, 1.807) is 0 Å². The molecule has 7 heteroatoms. The molecule has 2 bridgehead atoms. The second-order valence-electron chi connectivity index (χ2n) is 10.4. The molecule has 0 aromatic heterocycles. The minimum absolute atomic E-state index is 0.0344. The van der Waals surface area contributed by atoms with Gasteiger partial charge in [-0.2, -0.15) is 0 Å². The maximum absolute atomic E-state index is 13.9. The fraction of sp³-hybridized carbons (Fsp3) is 0.517. The normalized spacial score (nSPS) is 25.1. The molecule has 192 valence electrons.